The second-order valence-corrected chi connectivity index (χ2v) is 9.36. The molecular weight excluding hydrogens is 403 g/mol. The van der Waals surface area contributed by atoms with Crippen LogP contribution in [-0.2, 0) is 0 Å². The van der Waals surface area contributed by atoms with E-state index >= 15 is 0 Å². The Balaban J connectivity index is 2.15. The molecule has 2 rings (SSSR count). The Kier molecular flexibility index (Phi) is 7.15. The van der Waals surface area contributed by atoms with Crippen LogP contribution in [0.5, 0.6) is 0 Å². The van der Waals surface area contributed by atoms with Gasteiger partial charge < -0.3 is 0 Å². The maximum atomic E-state index is 4.19. The summed E-state index contributed by atoms with van der Waals surface area (Å²) in [5, 5.41) is 0. The van der Waals surface area contributed by atoms with E-state index in [2.05, 4.69) is 93.0 Å². The normalized spacial score (nSPS) is 33.4. The van der Waals surface area contributed by atoms with Gasteiger partial charge >= 0.3 is 0 Å². The molecule has 132 valence electrons. The second-order valence-electron chi connectivity index (χ2n) is 7.97. The SMILES string of the molecule is C=C/C=C\C(CC)C/C=C\C1C(C=C)C(C)(C)C2CC(I)=CC[C@H]12. The van der Waals surface area contributed by atoms with Crippen molar-refractivity contribution in [2.45, 2.75) is 46.5 Å². The van der Waals surface area contributed by atoms with Crippen LogP contribution in [0.3, 0.4) is 0 Å². The van der Waals surface area contributed by atoms with Gasteiger partial charge in [0, 0.05) is 0 Å². The number of hydrogen-bond donors (Lipinski definition) is 0. The Morgan fingerprint density at radius 3 is 2.75 bits per heavy atom. The maximum Gasteiger partial charge on any atom is -0.0116 e. The van der Waals surface area contributed by atoms with Crippen LogP contribution in [0.25, 0.3) is 0 Å². The van der Waals surface area contributed by atoms with Crippen molar-refractivity contribution in [3.05, 3.63) is 59.3 Å². The van der Waals surface area contributed by atoms with Crippen molar-refractivity contribution in [2.24, 2.45) is 35.0 Å². The van der Waals surface area contributed by atoms with Gasteiger partial charge in [-0.25, -0.2) is 0 Å². The van der Waals surface area contributed by atoms with Crippen LogP contribution < -0.4 is 0 Å². The first-order valence-electron chi connectivity index (χ1n) is 9.38. The summed E-state index contributed by atoms with van der Waals surface area (Å²) in [7, 11) is 0. The molecular formula is C23H33I. The van der Waals surface area contributed by atoms with E-state index in [4.69, 9.17) is 0 Å². The Bertz CT molecular complexity index is 534. The Labute approximate surface area is 163 Å². The third-order valence-electron chi connectivity index (χ3n) is 6.36. The van der Waals surface area contributed by atoms with Crippen LogP contribution >= 0.6 is 22.6 Å². The predicted octanol–water partition coefficient (Wildman–Crippen LogP) is 7.50. The van der Waals surface area contributed by atoms with E-state index in [1.165, 1.54) is 19.3 Å². The van der Waals surface area contributed by atoms with E-state index in [-0.39, 0.29) is 0 Å². The molecule has 0 radical (unpaired) electrons. The third-order valence-corrected chi connectivity index (χ3v) is 7.24. The average Bonchev–Trinajstić information content (AvgIpc) is 2.77. The highest BCUT2D eigenvalue weighted by atomic mass is 127. The summed E-state index contributed by atoms with van der Waals surface area (Å²) in [5.74, 6) is 3.42. The summed E-state index contributed by atoms with van der Waals surface area (Å²) in [4.78, 5) is 0. The van der Waals surface area contributed by atoms with Gasteiger partial charge in [0.2, 0.25) is 0 Å². The van der Waals surface area contributed by atoms with E-state index in [0.29, 0.717) is 23.2 Å². The van der Waals surface area contributed by atoms with Gasteiger partial charge in [0.1, 0.15) is 0 Å². The highest BCUT2D eigenvalue weighted by Crippen LogP contribution is 2.60. The Hall–Kier alpha value is -0.570. The minimum atomic E-state index is 0.346. The quantitative estimate of drug-likeness (QED) is 0.220. The Morgan fingerprint density at radius 2 is 2.12 bits per heavy atom. The van der Waals surface area contributed by atoms with Gasteiger partial charge in [-0.2, -0.15) is 0 Å². The minimum Gasteiger partial charge on any atom is -0.103 e. The van der Waals surface area contributed by atoms with E-state index in [1.54, 1.807) is 3.58 Å². The summed E-state index contributed by atoms with van der Waals surface area (Å²) in [5.41, 5.74) is 0.346. The topological polar surface area (TPSA) is 0 Å². The number of fused-ring (bicyclic) bond motifs is 1. The molecule has 0 aliphatic heterocycles. The summed E-state index contributed by atoms with van der Waals surface area (Å²) in [6.45, 7) is 15.2. The average molecular weight is 436 g/mol. The number of hydrogen-bond acceptors (Lipinski definition) is 0. The molecule has 0 aromatic heterocycles. The van der Waals surface area contributed by atoms with Gasteiger partial charge in [-0.05, 0) is 86.9 Å². The first kappa shape index (κ1) is 19.8. The van der Waals surface area contributed by atoms with Crippen molar-refractivity contribution in [3.8, 4) is 0 Å². The van der Waals surface area contributed by atoms with Crippen molar-refractivity contribution >= 4 is 22.6 Å². The summed E-state index contributed by atoms with van der Waals surface area (Å²) < 4.78 is 1.55. The van der Waals surface area contributed by atoms with Crippen LogP contribution in [0.15, 0.2) is 59.3 Å². The fraction of sp³-hybridized carbons (Fsp3) is 0.565. The highest BCUT2D eigenvalue weighted by Gasteiger charge is 2.53. The fourth-order valence-corrected chi connectivity index (χ4v) is 5.60. The van der Waals surface area contributed by atoms with E-state index < -0.39 is 0 Å². The monoisotopic (exact) mass is 436 g/mol. The first-order chi connectivity index (χ1) is 11.5. The molecule has 1 saturated carbocycles. The largest absolute Gasteiger partial charge is 0.103 e. The number of rotatable bonds is 7. The Morgan fingerprint density at radius 1 is 1.38 bits per heavy atom. The number of halogens is 1. The van der Waals surface area contributed by atoms with Crippen molar-refractivity contribution in [2.75, 3.05) is 0 Å². The van der Waals surface area contributed by atoms with E-state index in [9.17, 15) is 0 Å². The van der Waals surface area contributed by atoms with Gasteiger partial charge in [0.15, 0.2) is 0 Å². The fourth-order valence-electron chi connectivity index (χ4n) is 4.87. The zero-order valence-electron chi connectivity index (χ0n) is 15.5. The molecule has 1 heteroatoms. The van der Waals surface area contributed by atoms with Crippen molar-refractivity contribution < 1.29 is 0 Å². The smallest absolute Gasteiger partial charge is 0.0116 e. The summed E-state index contributed by atoms with van der Waals surface area (Å²) in [6.07, 6.45) is 20.7. The molecule has 0 heterocycles. The lowest BCUT2D eigenvalue weighted by Crippen LogP contribution is -2.27. The highest BCUT2D eigenvalue weighted by molar-refractivity contribution is 14.1. The van der Waals surface area contributed by atoms with Gasteiger partial charge in [-0.3, -0.25) is 0 Å². The van der Waals surface area contributed by atoms with Crippen molar-refractivity contribution in [1.82, 2.24) is 0 Å². The molecule has 2 aliphatic carbocycles. The van der Waals surface area contributed by atoms with Gasteiger partial charge in [-0.15, -0.1) is 6.58 Å². The first-order valence-corrected chi connectivity index (χ1v) is 10.5. The molecule has 0 saturated heterocycles. The molecule has 1 fully saturated rings. The number of allylic oxidation sites excluding steroid dienone is 8. The van der Waals surface area contributed by atoms with Crippen LogP contribution in [0, 0.1) is 35.0 Å². The minimum absolute atomic E-state index is 0.346. The molecule has 4 unspecified atom stereocenters. The van der Waals surface area contributed by atoms with Crippen molar-refractivity contribution in [3.63, 3.8) is 0 Å². The molecule has 24 heavy (non-hydrogen) atoms. The zero-order chi connectivity index (χ0) is 17.7. The maximum absolute atomic E-state index is 4.19. The standard InChI is InChI=1S/C23H33I/c1-6-9-11-17(7-2)12-10-13-19-20-15-14-18(24)16-22(20)23(4,5)21(19)8-3/h6,8-11,13-14,17,19-22H,1,3,7,12,15-16H2,2,4-5H3/b11-9-,13-10-/t17?,19?,20-,21?,22?/m1/s1. The van der Waals surface area contributed by atoms with E-state index in [1.807, 2.05) is 6.08 Å². The van der Waals surface area contributed by atoms with Crippen LogP contribution in [0.2, 0.25) is 0 Å². The summed E-state index contributed by atoms with van der Waals surface area (Å²) in [6, 6.07) is 0. The van der Waals surface area contributed by atoms with Crippen molar-refractivity contribution in [1.29, 1.82) is 0 Å². The van der Waals surface area contributed by atoms with Crippen LogP contribution in [-0.4, -0.2) is 0 Å². The molecule has 0 amide bonds. The molecule has 0 N–H and O–H groups in total. The second kappa shape index (κ2) is 8.69. The molecule has 0 aromatic rings. The zero-order valence-corrected chi connectivity index (χ0v) is 17.7. The van der Waals surface area contributed by atoms with Crippen LogP contribution in [0.1, 0.15) is 46.5 Å². The van der Waals surface area contributed by atoms with Crippen LogP contribution in [0.4, 0.5) is 0 Å². The molecule has 0 bridgehead atoms. The molecule has 5 atom stereocenters. The molecule has 2 aliphatic rings. The lowest BCUT2D eigenvalue weighted by Gasteiger charge is -2.35. The lowest BCUT2D eigenvalue weighted by molar-refractivity contribution is 0.187. The molecule has 0 spiro atoms. The van der Waals surface area contributed by atoms with Gasteiger partial charge in [0.25, 0.3) is 0 Å². The third kappa shape index (κ3) is 4.15. The predicted molar refractivity (Wildman–Crippen MR) is 116 cm³/mol. The van der Waals surface area contributed by atoms with Gasteiger partial charge in [0.05, 0.1) is 0 Å². The lowest BCUT2D eigenvalue weighted by atomic mass is 9.71. The summed E-state index contributed by atoms with van der Waals surface area (Å²) >= 11 is 2.53. The molecule has 0 nitrogen and oxygen atoms in total. The molecule has 0 aromatic carbocycles. The van der Waals surface area contributed by atoms with E-state index in [0.717, 1.165) is 18.3 Å². The van der Waals surface area contributed by atoms with Gasteiger partial charge in [-0.1, -0.05) is 69.9 Å².